The number of amides is 1. The van der Waals surface area contributed by atoms with E-state index < -0.39 is 5.60 Å². The van der Waals surface area contributed by atoms with Crippen LogP contribution in [0.25, 0.3) is 0 Å². The number of carbonyl (C=O) groups is 1. The van der Waals surface area contributed by atoms with E-state index in [9.17, 15) is 9.90 Å². The van der Waals surface area contributed by atoms with Gasteiger partial charge in [0, 0.05) is 25.0 Å². The SMILES string of the molecule is CCN(CC(C)(C)O)C(=O)C1CCC(C)C(N)C1. The molecule has 0 aliphatic heterocycles. The molecule has 0 saturated heterocycles. The van der Waals surface area contributed by atoms with Crippen molar-refractivity contribution in [1.82, 2.24) is 4.90 Å². The van der Waals surface area contributed by atoms with E-state index in [1.54, 1.807) is 18.7 Å². The maximum Gasteiger partial charge on any atom is 0.225 e. The summed E-state index contributed by atoms with van der Waals surface area (Å²) in [5, 5.41) is 9.84. The highest BCUT2D eigenvalue weighted by Gasteiger charge is 2.33. The molecule has 1 aliphatic rings. The van der Waals surface area contributed by atoms with Gasteiger partial charge in [-0.25, -0.2) is 0 Å². The van der Waals surface area contributed by atoms with Gasteiger partial charge in [0.05, 0.1) is 5.60 Å². The third kappa shape index (κ3) is 4.25. The molecule has 1 rings (SSSR count). The molecule has 1 saturated carbocycles. The maximum atomic E-state index is 12.4. The Kier molecular flexibility index (Phi) is 5.17. The van der Waals surface area contributed by atoms with Gasteiger partial charge < -0.3 is 15.7 Å². The summed E-state index contributed by atoms with van der Waals surface area (Å²) in [5.41, 5.74) is 5.22. The van der Waals surface area contributed by atoms with E-state index >= 15 is 0 Å². The molecule has 0 bridgehead atoms. The molecule has 4 heteroatoms. The van der Waals surface area contributed by atoms with Crippen LogP contribution in [0.3, 0.4) is 0 Å². The van der Waals surface area contributed by atoms with E-state index in [2.05, 4.69) is 6.92 Å². The minimum atomic E-state index is -0.838. The van der Waals surface area contributed by atoms with Crippen molar-refractivity contribution in [3.8, 4) is 0 Å². The molecule has 0 spiro atoms. The lowest BCUT2D eigenvalue weighted by Crippen LogP contribution is -2.47. The molecule has 0 aromatic carbocycles. The van der Waals surface area contributed by atoms with Gasteiger partial charge in [0.1, 0.15) is 0 Å². The van der Waals surface area contributed by atoms with Gasteiger partial charge in [-0.05, 0) is 46.0 Å². The summed E-state index contributed by atoms with van der Waals surface area (Å²) < 4.78 is 0. The molecule has 1 fully saturated rings. The first-order chi connectivity index (χ1) is 8.24. The molecule has 1 aliphatic carbocycles. The minimum Gasteiger partial charge on any atom is -0.389 e. The molecular weight excluding hydrogens is 228 g/mol. The van der Waals surface area contributed by atoms with Gasteiger partial charge in [0.15, 0.2) is 0 Å². The van der Waals surface area contributed by atoms with Crippen LogP contribution in [0, 0.1) is 11.8 Å². The van der Waals surface area contributed by atoms with E-state index in [4.69, 9.17) is 5.73 Å². The summed E-state index contributed by atoms with van der Waals surface area (Å²) >= 11 is 0. The second-order valence-electron chi connectivity index (χ2n) is 6.32. The number of hydrogen-bond donors (Lipinski definition) is 2. The molecule has 4 nitrogen and oxygen atoms in total. The molecule has 3 N–H and O–H groups in total. The van der Waals surface area contributed by atoms with Crippen LogP contribution < -0.4 is 5.73 Å². The quantitative estimate of drug-likeness (QED) is 0.798. The Bertz CT molecular complexity index is 286. The van der Waals surface area contributed by atoms with Crippen molar-refractivity contribution < 1.29 is 9.90 Å². The lowest BCUT2D eigenvalue weighted by atomic mass is 9.79. The fourth-order valence-corrected chi connectivity index (χ4v) is 2.65. The summed E-state index contributed by atoms with van der Waals surface area (Å²) in [5.74, 6) is 0.707. The van der Waals surface area contributed by atoms with Crippen LogP contribution in [-0.4, -0.2) is 40.6 Å². The van der Waals surface area contributed by atoms with Crippen LogP contribution in [0.2, 0.25) is 0 Å². The van der Waals surface area contributed by atoms with E-state index in [1.807, 2.05) is 6.92 Å². The fraction of sp³-hybridized carbons (Fsp3) is 0.929. The lowest BCUT2D eigenvalue weighted by Gasteiger charge is -2.36. The van der Waals surface area contributed by atoms with Gasteiger partial charge in [0.25, 0.3) is 0 Å². The molecule has 18 heavy (non-hydrogen) atoms. The van der Waals surface area contributed by atoms with Gasteiger partial charge in [-0.3, -0.25) is 4.79 Å². The van der Waals surface area contributed by atoms with Crippen LogP contribution >= 0.6 is 0 Å². The first-order valence-electron chi connectivity index (χ1n) is 7.01. The Balaban J connectivity index is 2.62. The second-order valence-corrected chi connectivity index (χ2v) is 6.32. The summed E-state index contributed by atoms with van der Waals surface area (Å²) in [7, 11) is 0. The highest BCUT2D eigenvalue weighted by molar-refractivity contribution is 5.79. The molecule has 106 valence electrons. The summed E-state index contributed by atoms with van der Waals surface area (Å²) in [4.78, 5) is 14.2. The molecule has 3 unspecified atom stereocenters. The molecule has 0 radical (unpaired) electrons. The van der Waals surface area contributed by atoms with Crippen LogP contribution in [0.4, 0.5) is 0 Å². The summed E-state index contributed by atoms with van der Waals surface area (Å²) in [6.45, 7) is 8.61. The van der Waals surface area contributed by atoms with Gasteiger partial charge in [-0.2, -0.15) is 0 Å². The number of hydrogen-bond acceptors (Lipinski definition) is 3. The summed E-state index contributed by atoms with van der Waals surface area (Å²) in [6.07, 6.45) is 2.73. The van der Waals surface area contributed by atoms with Crippen LogP contribution in [0.15, 0.2) is 0 Å². The first kappa shape index (κ1) is 15.4. The van der Waals surface area contributed by atoms with Gasteiger partial charge in [-0.1, -0.05) is 6.92 Å². The van der Waals surface area contributed by atoms with Crippen molar-refractivity contribution in [2.45, 2.75) is 58.6 Å². The molecule has 0 aromatic rings. The van der Waals surface area contributed by atoms with Gasteiger partial charge in [-0.15, -0.1) is 0 Å². The number of rotatable bonds is 4. The number of likely N-dealkylation sites (N-methyl/N-ethyl adjacent to an activating group) is 1. The Labute approximate surface area is 111 Å². The average molecular weight is 256 g/mol. The largest absolute Gasteiger partial charge is 0.389 e. The van der Waals surface area contributed by atoms with Crippen molar-refractivity contribution in [2.24, 2.45) is 17.6 Å². The molecular formula is C14H28N2O2. The maximum absolute atomic E-state index is 12.4. The third-order valence-corrected chi connectivity index (χ3v) is 3.88. The number of aliphatic hydroxyl groups is 1. The average Bonchev–Trinajstić information content (AvgIpc) is 2.27. The van der Waals surface area contributed by atoms with Crippen molar-refractivity contribution in [3.05, 3.63) is 0 Å². The Hall–Kier alpha value is -0.610. The van der Waals surface area contributed by atoms with Crippen LogP contribution in [0.1, 0.15) is 47.0 Å². The third-order valence-electron chi connectivity index (χ3n) is 3.88. The van der Waals surface area contributed by atoms with E-state index in [-0.39, 0.29) is 17.9 Å². The predicted molar refractivity (Wildman–Crippen MR) is 73.0 cm³/mol. The van der Waals surface area contributed by atoms with E-state index in [0.29, 0.717) is 19.0 Å². The zero-order valence-electron chi connectivity index (χ0n) is 12.1. The molecule has 3 atom stereocenters. The smallest absolute Gasteiger partial charge is 0.225 e. The van der Waals surface area contributed by atoms with Crippen molar-refractivity contribution in [3.63, 3.8) is 0 Å². The van der Waals surface area contributed by atoms with Crippen molar-refractivity contribution in [2.75, 3.05) is 13.1 Å². The van der Waals surface area contributed by atoms with Gasteiger partial charge in [0.2, 0.25) is 5.91 Å². The number of nitrogens with zero attached hydrogens (tertiary/aromatic N) is 1. The Morgan fingerprint density at radius 2 is 2.06 bits per heavy atom. The monoisotopic (exact) mass is 256 g/mol. The molecule has 1 amide bonds. The van der Waals surface area contributed by atoms with Crippen molar-refractivity contribution >= 4 is 5.91 Å². The molecule has 0 heterocycles. The topological polar surface area (TPSA) is 66.6 Å². The fourth-order valence-electron chi connectivity index (χ4n) is 2.65. The first-order valence-corrected chi connectivity index (χ1v) is 7.01. The summed E-state index contributed by atoms with van der Waals surface area (Å²) in [6, 6.07) is 0.133. The highest BCUT2D eigenvalue weighted by atomic mass is 16.3. The van der Waals surface area contributed by atoms with Crippen molar-refractivity contribution in [1.29, 1.82) is 0 Å². The normalized spacial score (nSPS) is 29.1. The second kappa shape index (κ2) is 6.02. The lowest BCUT2D eigenvalue weighted by molar-refractivity contribution is -0.139. The van der Waals surface area contributed by atoms with E-state index in [1.165, 1.54) is 0 Å². The Morgan fingerprint density at radius 3 is 2.50 bits per heavy atom. The number of carbonyl (C=O) groups excluding carboxylic acids is 1. The Morgan fingerprint density at radius 1 is 1.44 bits per heavy atom. The van der Waals surface area contributed by atoms with Gasteiger partial charge >= 0.3 is 0 Å². The standard InChI is InChI=1S/C14H28N2O2/c1-5-16(9-14(3,4)18)13(17)11-7-6-10(2)12(15)8-11/h10-12,18H,5-9,15H2,1-4H3. The number of nitrogens with two attached hydrogens (primary N) is 1. The van der Waals surface area contributed by atoms with E-state index in [0.717, 1.165) is 19.3 Å². The molecule has 0 aromatic heterocycles. The van der Waals surface area contributed by atoms with Crippen LogP contribution in [0.5, 0.6) is 0 Å². The van der Waals surface area contributed by atoms with Crippen LogP contribution in [-0.2, 0) is 4.79 Å². The minimum absolute atomic E-state index is 0.0403. The zero-order valence-corrected chi connectivity index (χ0v) is 12.1. The zero-order chi connectivity index (χ0) is 13.9. The highest BCUT2D eigenvalue weighted by Crippen LogP contribution is 2.29. The predicted octanol–water partition coefficient (Wildman–Crippen LogP) is 1.37.